The van der Waals surface area contributed by atoms with Crippen LogP contribution in [-0.2, 0) is 16.0 Å². The van der Waals surface area contributed by atoms with E-state index < -0.39 is 0 Å². The molecule has 1 aliphatic rings. The molecule has 0 amide bonds. The van der Waals surface area contributed by atoms with Gasteiger partial charge in [-0.15, -0.1) is 0 Å². The number of halogens is 1. The molecule has 4 rings (SSSR count). The van der Waals surface area contributed by atoms with E-state index in [1.54, 1.807) is 18.5 Å². The summed E-state index contributed by atoms with van der Waals surface area (Å²) < 4.78 is 27.1. The SMILES string of the molecule is COC(C=NCc1nc2cnc3ccc(F)cc3c2n1C1CCO[C@H](C)C1)=CN. The Hall–Kier alpha value is -3.00. The highest BCUT2D eigenvalue weighted by atomic mass is 19.1. The van der Waals surface area contributed by atoms with Crippen LogP contribution < -0.4 is 5.73 Å². The van der Waals surface area contributed by atoms with E-state index >= 15 is 0 Å². The molecule has 1 aromatic carbocycles. The molecule has 1 fully saturated rings. The van der Waals surface area contributed by atoms with Crippen LogP contribution in [-0.4, -0.2) is 40.6 Å². The zero-order valence-corrected chi connectivity index (χ0v) is 16.5. The Morgan fingerprint density at radius 3 is 3.07 bits per heavy atom. The van der Waals surface area contributed by atoms with Gasteiger partial charge in [0, 0.05) is 24.2 Å². The van der Waals surface area contributed by atoms with Gasteiger partial charge in [-0.05, 0) is 38.0 Å². The van der Waals surface area contributed by atoms with Crippen LogP contribution in [0.1, 0.15) is 31.6 Å². The molecule has 8 heteroatoms. The number of hydrogen-bond donors (Lipinski definition) is 1. The molecule has 0 radical (unpaired) electrons. The van der Waals surface area contributed by atoms with E-state index in [0.717, 1.165) is 40.6 Å². The smallest absolute Gasteiger partial charge is 0.152 e. The van der Waals surface area contributed by atoms with E-state index in [1.807, 2.05) is 0 Å². The Kier molecular flexibility index (Phi) is 5.44. The Morgan fingerprint density at radius 2 is 2.31 bits per heavy atom. The Balaban J connectivity index is 1.86. The summed E-state index contributed by atoms with van der Waals surface area (Å²) in [6.07, 6.45) is 6.53. The minimum Gasteiger partial charge on any atom is -0.494 e. The summed E-state index contributed by atoms with van der Waals surface area (Å²) in [7, 11) is 1.54. The number of nitrogens with zero attached hydrogens (tertiary/aromatic N) is 4. The molecule has 152 valence electrons. The van der Waals surface area contributed by atoms with Gasteiger partial charge in [-0.2, -0.15) is 0 Å². The topological polar surface area (TPSA) is 87.5 Å². The van der Waals surface area contributed by atoms with Crippen molar-refractivity contribution >= 4 is 28.2 Å². The highest BCUT2D eigenvalue weighted by Crippen LogP contribution is 2.33. The second kappa shape index (κ2) is 8.16. The van der Waals surface area contributed by atoms with Gasteiger partial charge < -0.3 is 19.8 Å². The van der Waals surface area contributed by atoms with Crippen LogP contribution >= 0.6 is 0 Å². The molecule has 7 nitrogen and oxygen atoms in total. The van der Waals surface area contributed by atoms with Crippen molar-refractivity contribution in [2.45, 2.75) is 38.5 Å². The molecule has 1 unspecified atom stereocenters. The molecule has 0 saturated carbocycles. The maximum atomic E-state index is 14.0. The van der Waals surface area contributed by atoms with Crippen LogP contribution in [0.25, 0.3) is 21.9 Å². The summed E-state index contributed by atoms with van der Waals surface area (Å²) in [5, 5.41) is 0.754. The minimum atomic E-state index is -0.294. The number of nitrogens with two attached hydrogens (primary N) is 1. The van der Waals surface area contributed by atoms with Crippen molar-refractivity contribution < 1.29 is 13.9 Å². The summed E-state index contributed by atoms with van der Waals surface area (Å²) >= 11 is 0. The summed E-state index contributed by atoms with van der Waals surface area (Å²) in [5.74, 6) is 0.972. The molecule has 1 saturated heterocycles. The van der Waals surface area contributed by atoms with Crippen LogP contribution in [0.2, 0.25) is 0 Å². The first kappa shape index (κ1) is 19.3. The number of ether oxygens (including phenoxy) is 2. The number of fused-ring (bicyclic) bond motifs is 3. The van der Waals surface area contributed by atoms with Crippen molar-refractivity contribution in [2.24, 2.45) is 10.7 Å². The Morgan fingerprint density at radius 1 is 1.45 bits per heavy atom. The van der Waals surface area contributed by atoms with Gasteiger partial charge in [-0.25, -0.2) is 9.37 Å². The molecule has 0 aliphatic carbocycles. The molecular formula is C21H24FN5O2. The highest BCUT2D eigenvalue weighted by Gasteiger charge is 2.26. The number of benzene rings is 1. The summed E-state index contributed by atoms with van der Waals surface area (Å²) in [6.45, 7) is 3.09. The maximum Gasteiger partial charge on any atom is 0.152 e. The van der Waals surface area contributed by atoms with E-state index in [2.05, 4.69) is 21.5 Å². The third kappa shape index (κ3) is 3.80. The Bertz CT molecular complexity index is 1090. The van der Waals surface area contributed by atoms with Crippen molar-refractivity contribution in [3.8, 4) is 0 Å². The van der Waals surface area contributed by atoms with Crippen molar-refractivity contribution in [1.29, 1.82) is 0 Å². The van der Waals surface area contributed by atoms with Crippen LogP contribution in [0.15, 0.2) is 41.3 Å². The average molecular weight is 397 g/mol. The zero-order valence-electron chi connectivity index (χ0n) is 16.5. The van der Waals surface area contributed by atoms with Gasteiger partial charge in [0.15, 0.2) is 5.76 Å². The molecule has 0 bridgehead atoms. The standard InChI is InChI=1S/C21H24FN5O2/c1-13-7-15(5-6-29-13)27-20(12-24-10-16(9-23)28-2)26-19-11-25-18-4-3-14(22)8-17(18)21(19)27/h3-4,8-11,13,15H,5-7,12,23H2,1-2H3/t13-,15?/m1/s1. The van der Waals surface area contributed by atoms with Crippen LogP contribution in [0.3, 0.4) is 0 Å². The number of aliphatic imine (C=N–C) groups is 1. The van der Waals surface area contributed by atoms with E-state index in [-0.39, 0.29) is 18.0 Å². The van der Waals surface area contributed by atoms with Crippen LogP contribution in [0.4, 0.5) is 4.39 Å². The fraction of sp³-hybridized carbons (Fsp3) is 0.381. The zero-order chi connectivity index (χ0) is 20.4. The van der Waals surface area contributed by atoms with E-state index in [4.69, 9.17) is 20.2 Å². The first-order chi connectivity index (χ1) is 14.1. The first-order valence-electron chi connectivity index (χ1n) is 9.63. The molecule has 3 aromatic rings. The fourth-order valence-electron chi connectivity index (χ4n) is 3.89. The van der Waals surface area contributed by atoms with Gasteiger partial charge in [0.25, 0.3) is 0 Å². The van der Waals surface area contributed by atoms with Crippen LogP contribution in [0, 0.1) is 5.82 Å². The van der Waals surface area contributed by atoms with Gasteiger partial charge in [-0.3, -0.25) is 9.98 Å². The number of aromatic nitrogens is 3. The molecule has 29 heavy (non-hydrogen) atoms. The van der Waals surface area contributed by atoms with Crippen molar-refractivity contribution in [1.82, 2.24) is 14.5 Å². The Labute approximate surface area is 168 Å². The quantitative estimate of drug-likeness (QED) is 0.526. The summed E-state index contributed by atoms with van der Waals surface area (Å²) in [6, 6.07) is 4.84. The molecule has 3 heterocycles. The van der Waals surface area contributed by atoms with E-state index in [1.165, 1.54) is 25.4 Å². The molecule has 2 atom stereocenters. The monoisotopic (exact) mass is 397 g/mol. The largest absolute Gasteiger partial charge is 0.494 e. The molecule has 0 spiro atoms. The molecule has 2 N–H and O–H groups in total. The number of imidazole rings is 1. The first-order valence-corrected chi connectivity index (χ1v) is 9.63. The van der Waals surface area contributed by atoms with Crippen molar-refractivity contribution in [3.05, 3.63) is 48.0 Å². The number of hydrogen-bond acceptors (Lipinski definition) is 6. The normalized spacial score (nSPS) is 20.7. The molecular weight excluding hydrogens is 373 g/mol. The summed E-state index contributed by atoms with van der Waals surface area (Å²) in [5.41, 5.74) is 7.86. The predicted octanol–water partition coefficient (Wildman–Crippen LogP) is 3.48. The van der Waals surface area contributed by atoms with Crippen molar-refractivity contribution in [3.63, 3.8) is 0 Å². The maximum absolute atomic E-state index is 14.0. The lowest BCUT2D eigenvalue weighted by Gasteiger charge is -2.30. The third-order valence-electron chi connectivity index (χ3n) is 5.22. The minimum absolute atomic E-state index is 0.146. The number of rotatable bonds is 5. The summed E-state index contributed by atoms with van der Waals surface area (Å²) in [4.78, 5) is 13.7. The third-order valence-corrected chi connectivity index (χ3v) is 5.22. The fourth-order valence-corrected chi connectivity index (χ4v) is 3.89. The lowest BCUT2D eigenvalue weighted by atomic mass is 10.0. The van der Waals surface area contributed by atoms with E-state index in [9.17, 15) is 4.39 Å². The average Bonchev–Trinajstić information content (AvgIpc) is 3.10. The van der Waals surface area contributed by atoms with Gasteiger partial charge in [0.1, 0.15) is 17.2 Å². The highest BCUT2D eigenvalue weighted by molar-refractivity contribution is 6.02. The predicted molar refractivity (Wildman–Crippen MR) is 110 cm³/mol. The van der Waals surface area contributed by atoms with Gasteiger partial charge in [-0.1, -0.05) is 0 Å². The lowest BCUT2D eigenvalue weighted by molar-refractivity contribution is 0.00627. The lowest BCUT2D eigenvalue weighted by Crippen LogP contribution is -2.26. The number of allylic oxidation sites excluding steroid dienone is 1. The van der Waals surface area contributed by atoms with Gasteiger partial charge in [0.2, 0.25) is 0 Å². The second-order valence-corrected chi connectivity index (χ2v) is 7.15. The van der Waals surface area contributed by atoms with Gasteiger partial charge >= 0.3 is 0 Å². The molecule has 1 aliphatic heterocycles. The number of pyridine rings is 1. The number of methoxy groups -OCH3 is 1. The second-order valence-electron chi connectivity index (χ2n) is 7.15. The van der Waals surface area contributed by atoms with E-state index in [0.29, 0.717) is 18.9 Å². The van der Waals surface area contributed by atoms with Crippen LogP contribution in [0.5, 0.6) is 0 Å². The van der Waals surface area contributed by atoms with Gasteiger partial charge in [0.05, 0.1) is 43.2 Å². The van der Waals surface area contributed by atoms with Crippen molar-refractivity contribution in [2.75, 3.05) is 13.7 Å². The molecule has 2 aromatic heterocycles.